The number of H-pyrrole nitrogens is 1. The molecule has 0 aliphatic heterocycles. The van der Waals surface area contributed by atoms with E-state index in [1.54, 1.807) is 7.11 Å². The number of aryl methyl sites for hydroxylation is 1. The molecule has 0 unspecified atom stereocenters. The van der Waals surface area contributed by atoms with Gasteiger partial charge in [-0.3, -0.25) is 4.79 Å². The largest absolute Gasteiger partial charge is 0.497 e. The summed E-state index contributed by atoms with van der Waals surface area (Å²) in [5.41, 5.74) is 4.68. The Morgan fingerprint density at radius 3 is 2.37 bits per heavy atom. The lowest BCUT2D eigenvalue weighted by atomic mass is 10.1. The minimum atomic E-state index is -0.144. The van der Waals surface area contributed by atoms with Crippen LogP contribution in [0.1, 0.15) is 5.69 Å². The normalized spacial score (nSPS) is 10.7. The van der Waals surface area contributed by atoms with Crippen molar-refractivity contribution in [1.29, 1.82) is 0 Å². The van der Waals surface area contributed by atoms with Crippen LogP contribution in [0.15, 0.2) is 77.6 Å². The van der Waals surface area contributed by atoms with Gasteiger partial charge in [0.2, 0.25) is 0 Å². The molecule has 0 fully saturated rings. The van der Waals surface area contributed by atoms with Crippen LogP contribution >= 0.6 is 0 Å². The molecule has 4 rings (SSSR count). The van der Waals surface area contributed by atoms with E-state index in [4.69, 9.17) is 9.84 Å². The van der Waals surface area contributed by atoms with Crippen LogP contribution in [0.3, 0.4) is 0 Å². The van der Waals surface area contributed by atoms with Crippen LogP contribution in [0.5, 0.6) is 5.75 Å². The van der Waals surface area contributed by atoms with Crippen LogP contribution in [0.2, 0.25) is 0 Å². The summed E-state index contributed by atoms with van der Waals surface area (Å²) in [6.07, 6.45) is 0. The van der Waals surface area contributed by atoms with Crippen LogP contribution in [-0.4, -0.2) is 21.9 Å². The quantitative estimate of drug-likeness (QED) is 0.595. The molecule has 4 aromatic rings. The Bertz CT molecular complexity index is 1130. The third-order valence-corrected chi connectivity index (χ3v) is 4.43. The lowest BCUT2D eigenvalue weighted by molar-refractivity contribution is 0.414. The van der Waals surface area contributed by atoms with Crippen molar-refractivity contribution < 1.29 is 4.74 Å². The number of nitrogens with one attached hydrogen (secondary N) is 1. The average Bonchev–Trinajstić information content (AvgIpc) is 3.14. The minimum Gasteiger partial charge on any atom is -0.497 e. The minimum absolute atomic E-state index is 0.144. The first-order valence-corrected chi connectivity index (χ1v) is 8.66. The Labute approximate surface area is 156 Å². The summed E-state index contributed by atoms with van der Waals surface area (Å²) >= 11 is 0. The van der Waals surface area contributed by atoms with E-state index in [0.717, 1.165) is 28.4 Å². The predicted molar refractivity (Wildman–Crippen MR) is 106 cm³/mol. The molecule has 2 aromatic carbocycles. The van der Waals surface area contributed by atoms with Crippen LogP contribution in [-0.2, 0) is 0 Å². The highest BCUT2D eigenvalue weighted by atomic mass is 16.5. The number of hydrogen-bond donors (Lipinski definition) is 1. The molecule has 0 aliphatic carbocycles. The summed E-state index contributed by atoms with van der Waals surface area (Å²) in [5, 5.41) is 4.73. The topological polar surface area (TPSA) is 59.9 Å². The van der Waals surface area contributed by atoms with Crippen LogP contribution < -0.4 is 10.3 Å². The number of aromatic amines is 1. The van der Waals surface area contributed by atoms with E-state index in [1.807, 2.05) is 84.4 Å². The highest BCUT2D eigenvalue weighted by molar-refractivity contribution is 5.70. The van der Waals surface area contributed by atoms with Gasteiger partial charge in [-0.15, -0.1) is 0 Å². The van der Waals surface area contributed by atoms with E-state index in [-0.39, 0.29) is 5.56 Å². The monoisotopic (exact) mass is 357 g/mol. The smallest absolute Gasteiger partial charge is 0.257 e. The molecular weight excluding hydrogens is 338 g/mol. The number of ether oxygens (including phenoxy) is 1. The van der Waals surface area contributed by atoms with E-state index in [1.165, 1.54) is 0 Å². The second-order valence-electron chi connectivity index (χ2n) is 6.27. The van der Waals surface area contributed by atoms with E-state index in [2.05, 4.69) is 4.98 Å². The van der Waals surface area contributed by atoms with Crippen molar-refractivity contribution in [2.24, 2.45) is 0 Å². The molecule has 0 radical (unpaired) electrons. The Balaban J connectivity index is 1.90. The van der Waals surface area contributed by atoms with Crippen molar-refractivity contribution in [3.05, 3.63) is 88.8 Å². The third kappa shape index (κ3) is 3.27. The lowest BCUT2D eigenvalue weighted by Gasteiger charge is -2.08. The van der Waals surface area contributed by atoms with Gasteiger partial charge in [0.1, 0.15) is 5.75 Å². The number of benzene rings is 2. The lowest BCUT2D eigenvalue weighted by Crippen LogP contribution is -2.10. The fourth-order valence-corrected chi connectivity index (χ4v) is 3.02. The number of rotatable bonds is 4. The van der Waals surface area contributed by atoms with Crippen molar-refractivity contribution >= 4 is 0 Å². The molecule has 0 amide bonds. The zero-order valence-electron chi connectivity index (χ0n) is 15.1. The maximum absolute atomic E-state index is 12.4. The molecule has 2 heterocycles. The van der Waals surface area contributed by atoms with Gasteiger partial charge in [-0.1, -0.05) is 30.3 Å². The Kier molecular flexibility index (Phi) is 4.34. The van der Waals surface area contributed by atoms with Gasteiger partial charge in [0.15, 0.2) is 0 Å². The van der Waals surface area contributed by atoms with Gasteiger partial charge in [0, 0.05) is 11.3 Å². The van der Waals surface area contributed by atoms with E-state index in [9.17, 15) is 4.79 Å². The van der Waals surface area contributed by atoms with Gasteiger partial charge in [0.25, 0.3) is 5.56 Å². The molecule has 5 heteroatoms. The molecule has 134 valence electrons. The molecule has 27 heavy (non-hydrogen) atoms. The summed E-state index contributed by atoms with van der Waals surface area (Å²) in [6.45, 7) is 1.86. The molecule has 2 aromatic heterocycles. The number of nitrogens with zero attached hydrogens (tertiary/aromatic N) is 2. The fourth-order valence-electron chi connectivity index (χ4n) is 3.02. The maximum Gasteiger partial charge on any atom is 0.257 e. The SMILES string of the molecule is COc1ccc(-n2nc(-c3ccc(C)[nH]c3=O)cc2-c2ccccc2)cc1. The van der Waals surface area contributed by atoms with Crippen molar-refractivity contribution in [2.75, 3.05) is 7.11 Å². The summed E-state index contributed by atoms with van der Waals surface area (Å²) in [5.74, 6) is 0.780. The molecule has 1 N–H and O–H groups in total. The molecule has 0 aliphatic rings. The molecule has 0 atom stereocenters. The summed E-state index contributed by atoms with van der Waals surface area (Å²) < 4.78 is 7.10. The third-order valence-electron chi connectivity index (χ3n) is 4.43. The second kappa shape index (κ2) is 6.96. The van der Waals surface area contributed by atoms with E-state index in [0.29, 0.717) is 11.3 Å². The summed E-state index contributed by atoms with van der Waals surface area (Å²) in [7, 11) is 1.64. The van der Waals surface area contributed by atoms with Crippen molar-refractivity contribution in [3.63, 3.8) is 0 Å². The number of pyridine rings is 1. The van der Waals surface area contributed by atoms with Crippen molar-refractivity contribution in [3.8, 4) is 34.0 Å². The second-order valence-corrected chi connectivity index (χ2v) is 6.27. The van der Waals surface area contributed by atoms with Gasteiger partial charge >= 0.3 is 0 Å². The molecule has 5 nitrogen and oxygen atoms in total. The predicted octanol–water partition coefficient (Wildman–Crippen LogP) is 4.21. The number of aromatic nitrogens is 3. The molecular formula is C22H19N3O2. The van der Waals surface area contributed by atoms with Crippen LogP contribution in [0, 0.1) is 6.92 Å². The van der Waals surface area contributed by atoms with Gasteiger partial charge < -0.3 is 9.72 Å². The van der Waals surface area contributed by atoms with Crippen LogP contribution in [0.4, 0.5) is 0 Å². The Morgan fingerprint density at radius 2 is 1.70 bits per heavy atom. The zero-order chi connectivity index (χ0) is 18.8. The fraction of sp³-hybridized carbons (Fsp3) is 0.0909. The summed E-state index contributed by atoms with van der Waals surface area (Å²) in [6, 6.07) is 23.3. The van der Waals surface area contributed by atoms with Gasteiger partial charge in [-0.05, 0) is 49.4 Å². The van der Waals surface area contributed by atoms with Crippen LogP contribution in [0.25, 0.3) is 28.2 Å². The number of methoxy groups -OCH3 is 1. The average molecular weight is 357 g/mol. The summed E-state index contributed by atoms with van der Waals surface area (Å²) in [4.78, 5) is 15.2. The zero-order valence-corrected chi connectivity index (χ0v) is 15.1. The first-order chi connectivity index (χ1) is 13.2. The van der Waals surface area contributed by atoms with Gasteiger partial charge in [0.05, 0.1) is 29.7 Å². The van der Waals surface area contributed by atoms with Gasteiger partial charge in [-0.2, -0.15) is 5.10 Å². The maximum atomic E-state index is 12.4. The molecule has 0 saturated carbocycles. The standard InChI is InChI=1S/C22H19N3O2/c1-15-8-13-19(22(26)23-15)20-14-21(16-6-4-3-5-7-16)25(24-20)17-9-11-18(27-2)12-10-17/h3-14H,1-2H3,(H,23,26). The highest BCUT2D eigenvalue weighted by Crippen LogP contribution is 2.28. The molecule has 0 bridgehead atoms. The van der Waals surface area contributed by atoms with E-state index < -0.39 is 0 Å². The molecule has 0 saturated heterocycles. The molecule has 0 spiro atoms. The van der Waals surface area contributed by atoms with Crippen molar-refractivity contribution in [1.82, 2.24) is 14.8 Å². The Hall–Kier alpha value is -3.60. The Morgan fingerprint density at radius 1 is 0.963 bits per heavy atom. The van der Waals surface area contributed by atoms with E-state index >= 15 is 0 Å². The highest BCUT2D eigenvalue weighted by Gasteiger charge is 2.15. The number of hydrogen-bond acceptors (Lipinski definition) is 3. The first kappa shape index (κ1) is 16.8. The van der Waals surface area contributed by atoms with Gasteiger partial charge in [-0.25, -0.2) is 4.68 Å². The van der Waals surface area contributed by atoms with Crippen molar-refractivity contribution in [2.45, 2.75) is 6.92 Å². The first-order valence-electron chi connectivity index (χ1n) is 8.66.